The smallest absolute Gasteiger partial charge is 0.226 e. The van der Waals surface area contributed by atoms with E-state index in [4.69, 9.17) is 0 Å². The Labute approximate surface area is 108 Å². The molecule has 0 aliphatic carbocycles. The molecule has 2 nitrogen and oxygen atoms in total. The highest BCUT2D eigenvalue weighted by molar-refractivity contribution is 5.82. The van der Waals surface area contributed by atoms with E-state index in [2.05, 4.69) is 53.8 Å². The van der Waals surface area contributed by atoms with Crippen molar-refractivity contribution in [2.45, 2.75) is 79.7 Å². The molecule has 0 aromatic carbocycles. The number of carbonyl (C=O) groups excluding carboxylic acids is 1. The Kier molecular flexibility index (Phi) is 6.22. The van der Waals surface area contributed by atoms with Crippen molar-refractivity contribution in [2.24, 2.45) is 11.3 Å². The van der Waals surface area contributed by atoms with Gasteiger partial charge in [-0.2, -0.15) is 0 Å². The summed E-state index contributed by atoms with van der Waals surface area (Å²) in [7, 11) is 0. The van der Waals surface area contributed by atoms with Crippen LogP contribution < -0.4 is 5.32 Å². The standard InChI is InChI=1S/C15H31NO/c1-8-11-15(7,12(4)5)16-13(17)14(6,9-2)10-3/h12H,8-11H2,1-7H3,(H,16,17). The molecule has 2 heteroatoms. The van der Waals surface area contributed by atoms with Crippen LogP contribution in [-0.2, 0) is 4.79 Å². The molecule has 1 N–H and O–H groups in total. The lowest BCUT2D eigenvalue weighted by atomic mass is 9.79. The molecule has 17 heavy (non-hydrogen) atoms. The summed E-state index contributed by atoms with van der Waals surface area (Å²) in [5, 5.41) is 3.30. The number of nitrogens with one attached hydrogen (secondary N) is 1. The maximum Gasteiger partial charge on any atom is 0.226 e. The van der Waals surface area contributed by atoms with Crippen LogP contribution in [0.5, 0.6) is 0 Å². The van der Waals surface area contributed by atoms with Gasteiger partial charge < -0.3 is 5.32 Å². The Bertz CT molecular complexity index is 243. The van der Waals surface area contributed by atoms with Crippen LogP contribution >= 0.6 is 0 Å². The molecule has 1 atom stereocenters. The first kappa shape index (κ1) is 16.5. The number of amides is 1. The van der Waals surface area contributed by atoms with E-state index >= 15 is 0 Å². The number of rotatable bonds is 7. The molecule has 0 rings (SSSR count). The Morgan fingerprint density at radius 3 is 1.88 bits per heavy atom. The first-order valence-electron chi connectivity index (χ1n) is 7.08. The lowest BCUT2D eigenvalue weighted by Gasteiger charge is -2.38. The predicted molar refractivity (Wildman–Crippen MR) is 75.0 cm³/mol. The molecule has 0 aliphatic rings. The third kappa shape index (κ3) is 4.01. The minimum Gasteiger partial charge on any atom is -0.350 e. The fourth-order valence-corrected chi connectivity index (χ4v) is 2.00. The van der Waals surface area contributed by atoms with Crippen LogP contribution in [0.15, 0.2) is 0 Å². The van der Waals surface area contributed by atoms with Crippen LogP contribution in [0, 0.1) is 11.3 Å². The molecule has 0 aromatic heterocycles. The second-order valence-electron chi connectivity index (χ2n) is 6.04. The van der Waals surface area contributed by atoms with Gasteiger partial charge in [-0.25, -0.2) is 0 Å². The monoisotopic (exact) mass is 241 g/mol. The highest BCUT2D eigenvalue weighted by Crippen LogP contribution is 2.29. The van der Waals surface area contributed by atoms with Crippen molar-refractivity contribution in [3.63, 3.8) is 0 Å². The second-order valence-corrected chi connectivity index (χ2v) is 6.04. The summed E-state index contributed by atoms with van der Waals surface area (Å²) in [5.74, 6) is 0.677. The van der Waals surface area contributed by atoms with Gasteiger partial charge in [0, 0.05) is 11.0 Å². The zero-order valence-electron chi connectivity index (χ0n) is 12.8. The molecule has 0 aliphatic heterocycles. The summed E-state index contributed by atoms with van der Waals surface area (Å²) in [6.07, 6.45) is 3.94. The van der Waals surface area contributed by atoms with Crippen molar-refractivity contribution < 1.29 is 4.79 Å². The highest BCUT2D eigenvalue weighted by Gasteiger charge is 2.36. The molecule has 0 bridgehead atoms. The van der Waals surface area contributed by atoms with E-state index in [0.29, 0.717) is 5.92 Å². The van der Waals surface area contributed by atoms with Crippen LogP contribution in [-0.4, -0.2) is 11.4 Å². The second kappa shape index (κ2) is 6.42. The van der Waals surface area contributed by atoms with Crippen molar-refractivity contribution in [1.82, 2.24) is 5.32 Å². The molecule has 102 valence electrons. The maximum absolute atomic E-state index is 12.4. The molecule has 0 saturated heterocycles. The lowest BCUT2D eigenvalue weighted by molar-refractivity contribution is -0.133. The van der Waals surface area contributed by atoms with Crippen molar-refractivity contribution in [3.05, 3.63) is 0 Å². The molecule has 0 radical (unpaired) electrons. The number of hydrogen-bond acceptors (Lipinski definition) is 1. The number of hydrogen-bond donors (Lipinski definition) is 1. The normalized spacial score (nSPS) is 15.8. The lowest BCUT2D eigenvalue weighted by Crippen LogP contribution is -2.54. The van der Waals surface area contributed by atoms with Gasteiger partial charge >= 0.3 is 0 Å². The van der Waals surface area contributed by atoms with E-state index in [1.54, 1.807) is 0 Å². The minimum absolute atomic E-state index is 0.0720. The van der Waals surface area contributed by atoms with E-state index in [-0.39, 0.29) is 16.9 Å². The summed E-state index contributed by atoms with van der Waals surface area (Å²) in [6, 6.07) is 0. The first-order chi connectivity index (χ1) is 7.75. The molecular formula is C15H31NO. The molecule has 1 unspecified atom stereocenters. The van der Waals surface area contributed by atoms with E-state index in [1.807, 2.05) is 0 Å². The fourth-order valence-electron chi connectivity index (χ4n) is 2.00. The van der Waals surface area contributed by atoms with Gasteiger partial charge in [-0.3, -0.25) is 4.79 Å². The maximum atomic E-state index is 12.4. The van der Waals surface area contributed by atoms with Gasteiger partial charge in [-0.1, -0.05) is 48.0 Å². The molecular weight excluding hydrogens is 210 g/mol. The van der Waals surface area contributed by atoms with Gasteiger partial charge in [-0.15, -0.1) is 0 Å². The zero-order chi connectivity index (χ0) is 13.7. The Morgan fingerprint density at radius 1 is 1.12 bits per heavy atom. The largest absolute Gasteiger partial charge is 0.350 e. The third-order valence-electron chi connectivity index (χ3n) is 4.55. The van der Waals surface area contributed by atoms with E-state index in [9.17, 15) is 4.79 Å². The van der Waals surface area contributed by atoms with Crippen molar-refractivity contribution in [2.75, 3.05) is 0 Å². The van der Waals surface area contributed by atoms with Crippen molar-refractivity contribution in [3.8, 4) is 0 Å². The number of carbonyl (C=O) groups is 1. The zero-order valence-corrected chi connectivity index (χ0v) is 12.8. The average molecular weight is 241 g/mol. The van der Waals surface area contributed by atoms with Crippen LogP contribution in [0.4, 0.5) is 0 Å². The van der Waals surface area contributed by atoms with Gasteiger partial charge in [0.1, 0.15) is 0 Å². The third-order valence-corrected chi connectivity index (χ3v) is 4.55. The minimum atomic E-state index is -0.218. The quantitative estimate of drug-likeness (QED) is 0.713. The molecule has 0 heterocycles. The van der Waals surface area contributed by atoms with Crippen molar-refractivity contribution >= 4 is 5.91 Å². The Hall–Kier alpha value is -0.530. The summed E-state index contributed by atoms with van der Waals surface area (Å²) in [5.41, 5.74) is -0.290. The first-order valence-corrected chi connectivity index (χ1v) is 7.08. The van der Waals surface area contributed by atoms with Crippen LogP contribution in [0.2, 0.25) is 0 Å². The van der Waals surface area contributed by atoms with E-state index in [1.165, 1.54) is 0 Å². The molecule has 0 fully saturated rings. The van der Waals surface area contributed by atoms with E-state index < -0.39 is 0 Å². The average Bonchev–Trinajstić information content (AvgIpc) is 2.27. The molecule has 0 saturated carbocycles. The van der Waals surface area contributed by atoms with Gasteiger partial charge in [-0.05, 0) is 32.1 Å². The van der Waals surface area contributed by atoms with Crippen LogP contribution in [0.1, 0.15) is 74.1 Å². The van der Waals surface area contributed by atoms with Crippen LogP contribution in [0.25, 0.3) is 0 Å². The van der Waals surface area contributed by atoms with Gasteiger partial charge in [0.05, 0.1) is 0 Å². The van der Waals surface area contributed by atoms with Gasteiger partial charge in [0.25, 0.3) is 0 Å². The van der Waals surface area contributed by atoms with Crippen LogP contribution in [0.3, 0.4) is 0 Å². The fraction of sp³-hybridized carbons (Fsp3) is 0.933. The van der Waals surface area contributed by atoms with Gasteiger partial charge in [0.2, 0.25) is 5.91 Å². The van der Waals surface area contributed by atoms with Crippen molar-refractivity contribution in [1.29, 1.82) is 0 Å². The highest BCUT2D eigenvalue weighted by atomic mass is 16.2. The molecule has 0 spiro atoms. The molecule has 0 aromatic rings. The Balaban J connectivity index is 4.84. The molecule has 1 amide bonds. The van der Waals surface area contributed by atoms with E-state index in [0.717, 1.165) is 25.7 Å². The SMILES string of the molecule is CCCC(C)(NC(=O)C(C)(CC)CC)C(C)C. The summed E-state index contributed by atoms with van der Waals surface area (Å²) in [6.45, 7) is 15.0. The Morgan fingerprint density at radius 2 is 1.59 bits per heavy atom. The topological polar surface area (TPSA) is 29.1 Å². The summed E-state index contributed by atoms with van der Waals surface area (Å²) >= 11 is 0. The summed E-state index contributed by atoms with van der Waals surface area (Å²) < 4.78 is 0. The van der Waals surface area contributed by atoms with Gasteiger partial charge in [0.15, 0.2) is 0 Å². The predicted octanol–water partition coefficient (Wildman–Crippen LogP) is 4.14. The summed E-state index contributed by atoms with van der Waals surface area (Å²) in [4.78, 5) is 12.4.